The Morgan fingerprint density at radius 1 is 1.29 bits per heavy atom. The van der Waals surface area contributed by atoms with Gasteiger partial charge >= 0.3 is 12.2 Å². The zero-order chi connectivity index (χ0) is 25.9. The number of urea groups is 1. The van der Waals surface area contributed by atoms with Crippen LogP contribution in [0.15, 0.2) is 0 Å². The van der Waals surface area contributed by atoms with Crippen molar-refractivity contribution in [2.24, 2.45) is 11.8 Å². The summed E-state index contributed by atoms with van der Waals surface area (Å²) < 4.78 is 40.5. The van der Waals surface area contributed by atoms with E-state index in [1.807, 2.05) is 25.9 Å². The van der Waals surface area contributed by atoms with Crippen molar-refractivity contribution in [3.05, 3.63) is 16.0 Å². The van der Waals surface area contributed by atoms with Gasteiger partial charge in [-0.15, -0.1) is 11.3 Å². The molecule has 0 unspecified atom stereocenters. The third kappa shape index (κ3) is 6.45. The van der Waals surface area contributed by atoms with Gasteiger partial charge < -0.3 is 16.0 Å². The molecule has 3 rings (SSSR count). The molecule has 1 saturated heterocycles. The lowest BCUT2D eigenvalue weighted by atomic mass is 9.73. The first-order valence-corrected chi connectivity index (χ1v) is 12.6. The van der Waals surface area contributed by atoms with Crippen molar-refractivity contribution in [3.63, 3.8) is 0 Å². The van der Waals surface area contributed by atoms with Crippen molar-refractivity contribution in [3.8, 4) is 6.07 Å². The Morgan fingerprint density at radius 2 is 2.00 bits per heavy atom. The second-order valence-corrected chi connectivity index (χ2v) is 10.7. The fourth-order valence-electron chi connectivity index (χ4n) is 5.15. The molecule has 3 atom stereocenters. The number of carbonyl (C=O) groups is 2. The summed E-state index contributed by atoms with van der Waals surface area (Å²) in [7, 11) is 3.73. The van der Waals surface area contributed by atoms with Gasteiger partial charge in [0.05, 0.1) is 18.0 Å². The molecule has 2 heterocycles. The topological polar surface area (TPSA) is 106 Å². The SMILES string of the molecule is CCCN(C(=O)NCCN(C)C)C(=O)[C@@H]1C[C@@H]2Cc3c(sc(N)c3C#N)C[C@H]2N(CC(F)(F)F)C1. The molecule has 194 valence electrons. The molecule has 1 fully saturated rings. The van der Waals surface area contributed by atoms with Crippen molar-refractivity contribution in [2.75, 3.05) is 52.6 Å². The fraction of sp³-hybridized carbons (Fsp3) is 0.696. The number of nitrogens with one attached hydrogen (secondary N) is 1. The number of imide groups is 1. The summed E-state index contributed by atoms with van der Waals surface area (Å²) in [5.41, 5.74) is 7.18. The van der Waals surface area contributed by atoms with E-state index in [1.54, 1.807) is 0 Å². The summed E-state index contributed by atoms with van der Waals surface area (Å²) in [4.78, 5) is 31.5. The van der Waals surface area contributed by atoms with Gasteiger partial charge in [0.1, 0.15) is 11.1 Å². The van der Waals surface area contributed by atoms with E-state index in [4.69, 9.17) is 5.73 Å². The molecule has 0 radical (unpaired) electrons. The number of nitrogen functional groups attached to an aromatic ring is 1. The summed E-state index contributed by atoms with van der Waals surface area (Å²) in [5.74, 6) is -1.43. The van der Waals surface area contributed by atoms with Crippen molar-refractivity contribution in [2.45, 2.75) is 44.8 Å². The molecule has 1 aromatic heterocycles. The Hall–Kier alpha value is -2.36. The number of carbonyl (C=O) groups excluding carboxylic acids is 2. The van der Waals surface area contributed by atoms with Crippen LogP contribution in [0, 0.1) is 23.2 Å². The van der Waals surface area contributed by atoms with Crippen LogP contribution in [0.4, 0.5) is 23.0 Å². The number of rotatable bonds is 7. The maximum Gasteiger partial charge on any atom is 0.401 e. The summed E-state index contributed by atoms with van der Waals surface area (Å²) in [6.45, 7) is 1.80. The number of thiophene rings is 1. The van der Waals surface area contributed by atoms with Gasteiger partial charge in [0.25, 0.3) is 0 Å². The zero-order valence-corrected chi connectivity index (χ0v) is 21.1. The van der Waals surface area contributed by atoms with Gasteiger partial charge in [-0.25, -0.2) is 4.79 Å². The number of nitrogens with two attached hydrogens (primary N) is 1. The first-order chi connectivity index (χ1) is 16.4. The van der Waals surface area contributed by atoms with E-state index < -0.39 is 36.6 Å². The number of hydrogen-bond donors (Lipinski definition) is 2. The van der Waals surface area contributed by atoms with Gasteiger partial charge in [-0.1, -0.05) is 6.92 Å². The lowest BCUT2D eigenvalue weighted by Gasteiger charge is -2.47. The molecular formula is C23H33F3N6O2S. The molecule has 1 aliphatic carbocycles. The fourth-order valence-corrected chi connectivity index (χ4v) is 6.25. The van der Waals surface area contributed by atoms with Crippen LogP contribution in [0.25, 0.3) is 0 Å². The summed E-state index contributed by atoms with van der Waals surface area (Å²) in [6, 6.07) is 1.20. The van der Waals surface area contributed by atoms with Crippen LogP contribution in [-0.2, 0) is 17.6 Å². The molecule has 0 spiro atoms. The van der Waals surface area contributed by atoms with Gasteiger partial charge in [-0.3, -0.25) is 14.6 Å². The Labute approximate surface area is 207 Å². The molecule has 12 heteroatoms. The number of likely N-dealkylation sites (tertiary alicyclic amines) is 1. The maximum absolute atomic E-state index is 13.5. The third-order valence-electron chi connectivity index (χ3n) is 6.67. The zero-order valence-electron chi connectivity index (χ0n) is 20.3. The molecule has 0 saturated carbocycles. The minimum atomic E-state index is -4.42. The summed E-state index contributed by atoms with van der Waals surface area (Å²) in [6.07, 6.45) is -2.74. The van der Waals surface area contributed by atoms with Gasteiger partial charge in [0.2, 0.25) is 5.91 Å². The average molecular weight is 515 g/mol. The normalized spacial score (nSPS) is 22.3. The van der Waals surface area contributed by atoms with Crippen LogP contribution in [0.3, 0.4) is 0 Å². The van der Waals surface area contributed by atoms with Crippen molar-refractivity contribution < 1.29 is 22.8 Å². The predicted octanol–water partition coefficient (Wildman–Crippen LogP) is 2.68. The molecule has 1 aliphatic heterocycles. The van der Waals surface area contributed by atoms with Crippen LogP contribution in [-0.4, -0.2) is 85.7 Å². The van der Waals surface area contributed by atoms with Crippen LogP contribution < -0.4 is 11.1 Å². The molecule has 35 heavy (non-hydrogen) atoms. The van der Waals surface area contributed by atoms with Crippen molar-refractivity contribution in [1.82, 2.24) is 20.0 Å². The highest BCUT2D eigenvalue weighted by molar-refractivity contribution is 7.16. The van der Waals surface area contributed by atoms with Crippen LogP contribution in [0.1, 0.15) is 35.8 Å². The quantitative estimate of drug-likeness (QED) is 0.580. The Morgan fingerprint density at radius 3 is 2.60 bits per heavy atom. The minimum absolute atomic E-state index is 0.0635. The van der Waals surface area contributed by atoms with E-state index in [0.717, 1.165) is 15.3 Å². The van der Waals surface area contributed by atoms with Gasteiger partial charge in [-0.2, -0.15) is 18.4 Å². The molecule has 3 N–H and O–H groups in total. The number of halogens is 3. The number of alkyl halides is 3. The van der Waals surface area contributed by atoms with Gasteiger partial charge in [0, 0.05) is 37.1 Å². The highest BCUT2D eigenvalue weighted by atomic mass is 32.1. The number of nitriles is 1. The van der Waals surface area contributed by atoms with E-state index in [2.05, 4.69) is 11.4 Å². The highest BCUT2D eigenvalue weighted by Gasteiger charge is 2.47. The summed E-state index contributed by atoms with van der Waals surface area (Å²) >= 11 is 1.27. The molecular weight excluding hydrogens is 481 g/mol. The predicted molar refractivity (Wildman–Crippen MR) is 128 cm³/mol. The Kier molecular flexibility index (Phi) is 8.67. The number of nitrogens with zero attached hydrogens (tertiary/aromatic N) is 4. The van der Waals surface area contributed by atoms with E-state index >= 15 is 0 Å². The second-order valence-electron chi connectivity index (χ2n) is 9.59. The molecule has 8 nitrogen and oxygen atoms in total. The van der Waals surface area contributed by atoms with Crippen LogP contribution >= 0.6 is 11.3 Å². The summed E-state index contributed by atoms with van der Waals surface area (Å²) in [5, 5.41) is 12.6. The number of piperidine rings is 1. The molecule has 0 aromatic carbocycles. The number of likely N-dealkylation sites (N-methyl/N-ethyl adjacent to an activating group) is 1. The Balaban J connectivity index is 1.84. The minimum Gasteiger partial charge on any atom is -0.389 e. The second kappa shape index (κ2) is 11.1. The smallest absolute Gasteiger partial charge is 0.389 e. The lowest BCUT2D eigenvalue weighted by Crippen LogP contribution is -2.58. The van der Waals surface area contributed by atoms with Gasteiger partial charge in [-0.05, 0) is 51.3 Å². The van der Waals surface area contributed by atoms with E-state index in [0.29, 0.717) is 49.3 Å². The molecule has 2 aliphatic rings. The largest absolute Gasteiger partial charge is 0.401 e. The molecule has 1 aromatic rings. The lowest BCUT2D eigenvalue weighted by molar-refractivity contribution is -0.164. The first-order valence-electron chi connectivity index (χ1n) is 11.8. The number of hydrogen-bond acceptors (Lipinski definition) is 7. The monoisotopic (exact) mass is 514 g/mol. The number of amides is 3. The van der Waals surface area contributed by atoms with Gasteiger partial charge in [0.15, 0.2) is 0 Å². The standard InChI is InChI=1S/C23H33F3N6O2S/c1-4-6-32(22(34)29-5-7-30(2)3)21(33)15-8-14-9-16-17(11-27)20(28)35-19(16)10-18(14)31(12-15)13-23(24,25)26/h14-15,18H,4-10,12-13,28H2,1-3H3,(H,29,34)/t14-,15-,18-/m1/s1. The van der Waals surface area contributed by atoms with E-state index in [1.165, 1.54) is 16.2 Å². The van der Waals surface area contributed by atoms with Crippen molar-refractivity contribution in [1.29, 1.82) is 5.26 Å². The van der Waals surface area contributed by atoms with Crippen LogP contribution in [0.2, 0.25) is 0 Å². The molecule has 3 amide bonds. The molecule has 0 bridgehead atoms. The number of fused-ring (bicyclic) bond motifs is 2. The van der Waals surface area contributed by atoms with Crippen LogP contribution in [0.5, 0.6) is 0 Å². The third-order valence-corrected chi connectivity index (χ3v) is 7.75. The number of anilines is 1. The maximum atomic E-state index is 13.5. The first kappa shape index (κ1) is 27.2. The average Bonchev–Trinajstić information content (AvgIpc) is 3.07. The van der Waals surface area contributed by atoms with E-state index in [9.17, 15) is 28.0 Å². The highest BCUT2D eigenvalue weighted by Crippen LogP contribution is 2.44. The van der Waals surface area contributed by atoms with E-state index in [-0.39, 0.29) is 19.0 Å². The Bertz CT molecular complexity index is 974. The van der Waals surface area contributed by atoms with Crippen molar-refractivity contribution >= 4 is 28.3 Å².